The van der Waals surface area contributed by atoms with Gasteiger partial charge in [-0.2, -0.15) is 0 Å². The van der Waals surface area contributed by atoms with E-state index in [1.54, 1.807) is 0 Å². The second-order valence-corrected chi connectivity index (χ2v) is 2.14. The summed E-state index contributed by atoms with van der Waals surface area (Å²) in [7, 11) is 0. The van der Waals surface area contributed by atoms with E-state index >= 15 is 0 Å². The van der Waals surface area contributed by atoms with E-state index in [-0.39, 0.29) is 4.40 Å². The lowest BCUT2D eigenvalue weighted by atomic mass is 10.2. The largest absolute Gasteiger partial charge is 0.0812 e. The van der Waals surface area contributed by atoms with Gasteiger partial charge in [0.1, 0.15) is 0 Å². The van der Waals surface area contributed by atoms with Crippen molar-refractivity contribution in [3.8, 4) is 0 Å². The predicted octanol–water partition coefficient (Wildman–Crippen LogP) is 2.62. The molecule has 0 aliphatic carbocycles. The molecule has 8 heavy (non-hydrogen) atoms. The standard InChI is InChI=1S/C7H7I/c8-6-7-4-2-1-3-5-7/h1-5H,6H2/i6D. The van der Waals surface area contributed by atoms with Crippen molar-refractivity contribution in [1.29, 1.82) is 0 Å². The molecule has 0 aliphatic rings. The van der Waals surface area contributed by atoms with Gasteiger partial charge in [0.25, 0.3) is 0 Å². The summed E-state index contributed by atoms with van der Waals surface area (Å²) >= 11 is 2.07. The molecule has 0 saturated heterocycles. The first-order chi connectivity index (χ1) is 4.30. The minimum Gasteiger partial charge on any atom is -0.0812 e. The maximum atomic E-state index is 7.31. The molecule has 0 radical (unpaired) electrons. The molecule has 0 aromatic heterocycles. The average Bonchev–Trinajstić information content (AvgIpc) is 1.90. The highest BCUT2D eigenvalue weighted by atomic mass is 127. The van der Waals surface area contributed by atoms with E-state index in [9.17, 15) is 0 Å². The highest BCUT2D eigenvalue weighted by Gasteiger charge is 1.81. The van der Waals surface area contributed by atoms with E-state index in [0.717, 1.165) is 5.56 Å². The first-order valence-corrected chi connectivity index (χ1v) is 3.66. The molecule has 1 aromatic rings. The van der Waals surface area contributed by atoms with E-state index in [1.165, 1.54) is 0 Å². The maximum absolute atomic E-state index is 7.31. The monoisotopic (exact) mass is 219 g/mol. The van der Waals surface area contributed by atoms with Crippen LogP contribution in [0.5, 0.6) is 0 Å². The summed E-state index contributed by atoms with van der Waals surface area (Å²) < 4.78 is 7.18. The number of rotatable bonds is 1. The Morgan fingerprint density at radius 3 is 2.38 bits per heavy atom. The Balaban J connectivity index is 2.85. The predicted molar refractivity (Wildman–Crippen MR) is 44.2 cm³/mol. The first-order valence-electron chi connectivity index (χ1n) is 2.99. The van der Waals surface area contributed by atoms with Crippen molar-refractivity contribution in [2.75, 3.05) is 0 Å². The Morgan fingerprint density at radius 1 is 1.38 bits per heavy atom. The van der Waals surface area contributed by atoms with Gasteiger partial charge in [0.15, 0.2) is 0 Å². The van der Waals surface area contributed by atoms with Crippen molar-refractivity contribution >= 4 is 22.6 Å². The van der Waals surface area contributed by atoms with Crippen LogP contribution in [-0.4, -0.2) is 0 Å². The van der Waals surface area contributed by atoms with Crippen molar-refractivity contribution in [2.45, 2.75) is 4.40 Å². The molecule has 1 aromatic carbocycles. The molecule has 0 heterocycles. The second kappa shape index (κ2) is 3.07. The zero-order chi connectivity index (χ0) is 6.69. The quantitative estimate of drug-likeness (QED) is 0.503. The molecule has 0 bridgehead atoms. The van der Waals surface area contributed by atoms with Crippen molar-refractivity contribution in [1.82, 2.24) is 0 Å². The Labute approximate surface area is 64.5 Å². The number of benzene rings is 1. The molecule has 1 rings (SSSR count). The van der Waals surface area contributed by atoms with Crippen LogP contribution in [0.4, 0.5) is 0 Å². The summed E-state index contributed by atoms with van der Waals surface area (Å²) in [6, 6.07) is 9.79. The Hall–Kier alpha value is -0.0500. The SMILES string of the molecule is [2H]C(I)c1ccccc1. The molecular formula is C7H7I. The van der Waals surface area contributed by atoms with E-state index < -0.39 is 0 Å². The fourth-order valence-electron chi connectivity index (χ4n) is 0.526. The second-order valence-electron chi connectivity index (χ2n) is 1.52. The highest BCUT2D eigenvalue weighted by Crippen LogP contribution is 2.02. The van der Waals surface area contributed by atoms with Crippen molar-refractivity contribution in [3.63, 3.8) is 0 Å². The Bertz CT molecular complexity index is 172. The van der Waals surface area contributed by atoms with E-state index in [2.05, 4.69) is 22.6 Å². The molecule has 1 unspecified atom stereocenters. The van der Waals surface area contributed by atoms with E-state index in [0.29, 0.717) is 0 Å². The third-order valence-electron chi connectivity index (χ3n) is 0.926. The zero-order valence-corrected chi connectivity index (χ0v) is 6.50. The minimum atomic E-state index is -0.121. The normalized spacial score (nSPS) is 14.9. The van der Waals surface area contributed by atoms with Crippen LogP contribution < -0.4 is 0 Å². The lowest BCUT2D eigenvalue weighted by molar-refractivity contribution is 1.46. The van der Waals surface area contributed by atoms with Gasteiger partial charge < -0.3 is 0 Å². The molecule has 0 aliphatic heterocycles. The van der Waals surface area contributed by atoms with Gasteiger partial charge in [-0.25, -0.2) is 0 Å². The zero-order valence-electron chi connectivity index (χ0n) is 5.34. The third-order valence-corrected chi connectivity index (χ3v) is 1.64. The van der Waals surface area contributed by atoms with E-state index in [4.69, 9.17) is 1.37 Å². The van der Waals surface area contributed by atoms with Crippen LogP contribution in [0.2, 0.25) is 0 Å². The van der Waals surface area contributed by atoms with Gasteiger partial charge in [-0.3, -0.25) is 0 Å². The summed E-state index contributed by atoms with van der Waals surface area (Å²) in [5.74, 6) is 0. The van der Waals surface area contributed by atoms with Gasteiger partial charge >= 0.3 is 0 Å². The van der Waals surface area contributed by atoms with Crippen LogP contribution in [0.15, 0.2) is 30.3 Å². The summed E-state index contributed by atoms with van der Waals surface area (Å²) in [5.41, 5.74) is 1.07. The third kappa shape index (κ3) is 1.47. The summed E-state index contributed by atoms with van der Waals surface area (Å²) in [5, 5.41) is 0. The summed E-state index contributed by atoms with van der Waals surface area (Å²) in [4.78, 5) is 0. The van der Waals surface area contributed by atoms with Crippen LogP contribution >= 0.6 is 22.6 Å². The number of halogens is 1. The number of hydrogen-bond donors (Lipinski definition) is 0. The first kappa shape index (κ1) is 4.79. The summed E-state index contributed by atoms with van der Waals surface area (Å²) in [6.45, 7) is 0. The molecule has 42 valence electrons. The summed E-state index contributed by atoms with van der Waals surface area (Å²) in [6.07, 6.45) is 0. The van der Waals surface area contributed by atoms with Crippen LogP contribution in [0, 0.1) is 0 Å². The smallest absolute Gasteiger partial charge is 0.0427 e. The molecule has 0 amide bonds. The molecule has 0 spiro atoms. The lowest BCUT2D eigenvalue weighted by Crippen LogP contribution is -1.70. The van der Waals surface area contributed by atoms with Gasteiger partial charge in [-0.15, -0.1) is 0 Å². The Morgan fingerprint density at radius 2 is 2.00 bits per heavy atom. The Kier molecular flexibility index (Phi) is 1.84. The lowest BCUT2D eigenvalue weighted by Gasteiger charge is -1.88. The molecule has 0 fully saturated rings. The maximum Gasteiger partial charge on any atom is 0.0427 e. The molecule has 0 N–H and O–H groups in total. The molecule has 0 saturated carbocycles. The van der Waals surface area contributed by atoms with Gasteiger partial charge in [0, 0.05) is 5.77 Å². The van der Waals surface area contributed by atoms with Crippen molar-refractivity contribution in [2.24, 2.45) is 0 Å². The van der Waals surface area contributed by atoms with Crippen LogP contribution in [-0.2, 0) is 4.40 Å². The number of alkyl halides is 1. The van der Waals surface area contributed by atoms with Crippen LogP contribution in [0.25, 0.3) is 0 Å². The highest BCUT2D eigenvalue weighted by molar-refractivity contribution is 14.1. The van der Waals surface area contributed by atoms with Crippen LogP contribution in [0.1, 0.15) is 6.93 Å². The van der Waals surface area contributed by atoms with Crippen LogP contribution in [0.3, 0.4) is 0 Å². The van der Waals surface area contributed by atoms with Gasteiger partial charge in [-0.1, -0.05) is 52.9 Å². The van der Waals surface area contributed by atoms with Crippen molar-refractivity contribution in [3.05, 3.63) is 35.9 Å². The van der Waals surface area contributed by atoms with Gasteiger partial charge in [0.2, 0.25) is 0 Å². The average molecular weight is 219 g/mol. The molecular weight excluding hydrogens is 211 g/mol. The fourth-order valence-corrected chi connectivity index (χ4v) is 0.941. The minimum absolute atomic E-state index is 0.121. The van der Waals surface area contributed by atoms with Gasteiger partial charge in [-0.05, 0) is 5.56 Å². The molecule has 1 heteroatoms. The van der Waals surface area contributed by atoms with E-state index in [1.807, 2.05) is 30.3 Å². The van der Waals surface area contributed by atoms with Gasteiger partial charge in [0.05, 0.1) is 0 Å². The topological polar surface area (TPSA) is 0 Å². The molecule has 0 nitrogen and oxygen atoms in total. The van der Waals surface area contributed by atoms with Crippen molar-refractivity contribution < 1.29 is 1.37 Å². The number of hydrogen-bond acceptors (Lipinski definition) is 0. The fraction of sp³-hybridized carbons (Fsp3) is 0.143. The molecule has 1 atom stereocenters.